The molecule has 0 spiro atoms. The van der Waals surface area contributed by atoms with Crippen molar-refractivity contribution in [2.24, 2.45) is 5.92 Å². The number of carbonyl (C=O) groups excluding carboxylic acids is 1. The summed E-state index contributed by atoms with van der Waals surface area (Å²) >= 11 is 0. The van der Waals surface area contributed by atoms with Crippen LogP contribution in [0.2, 0.25) is 0 Å². The van der Waals surface area contributed by atoms with Gasteiger partial charge in [0.25, 0.3) is 0 Å². The van der Waals surface area contributed by atoms with Crippen molar-refractivity contribution in [1.29, 1.82) is 0 Å². The summed E-state index contributed by atoms with van der Waals surface area (Å²) in [6, 6.07) is -0.213. The Labute approximate surface area is 101 Å². The second kappa shape index (κ2) is 6.44. The Morgan fingerprint density at radius 1 is 1.47 bits per heavy atom. The summed E-state index contributed by atoms with van der Waals surface area (Å²) in [6.07, 6.45) is 2.21. The number of nitrogens with zero attached hydrogens (tertiary/aromatic N) is 1. The molecule has 0 bridgehead atoms. The molecule has 1 aliphatic rings. The molecule has 0 heterocycles. The molecule has 0 aromatic heterocycles. The number of carboxylic acids is 1. The lowest BCUT2D eigenvalue weighted by molar-refractivity contribution is -0.146. The van der Waals surface area contributed by atoms with Gasteiger partial charge in [-0.25, -0.2) is 9.59 Å². The van der Waals surface area contributed by atoms with Gasteiger partial charge in [-0.15, -0.1) is 0 Å². The highest BCUT2D eigenvalue weighted by Gasteiger charge is 2.21. The smallest absolute Gasteiger partial charge is 0.332 e. The molecule has 0 aromatic carbocycles. The highest BCUT2D eigenvalue weighted by molar-refractivity contribution is 5.74. The van der Waals surface area contributed by atoms with Crippen LogP contribution in [-0.4, -0.2) is 53.4 Å². The third-order valence-electron chi connectivity index (χ3n) is 3.08. The van der Waals surface area contributed by atoms with E-state index in [1.54, 1.807) is 11.9 Å². The second-order valence-corrected chi connectivity index (χ2v) is 4.55. The van der Waals surface area contributed by atoms with E-state index in [2.05, 4.69) is 5.32 Å². The molecule has 1 fully saturated rings. The van der Waals surface area contributed by atoms with E-state index < -0.39 is 12.1 Å². The summed E-state index contributed by atoms with van der Waals surface area (Å²) in [5, 5.41) is 20.0. The highest BCUT2D eigenvalue weighted by Crippen LogP contribution is 2.26. The molecule has 0 radical (unpaired) electrons. The lowest BCUT2D eigenvalue weighted by atomic mass is 9.85. The van der Waals surface area contributed by atoms with Crippen LogP contribution in [0.4, 0.5) is 4.79 Å². The molecule has 98 valence electrons. The van der Waals surface area contributed by atoms with Gasteiger partial charge in [-0.05, 0) is 18.8 Å². The summed E-state index contributed by atoms with van der Waals surface area (Å²) in [7, 11) is 1.72. The van der Waals surface area contributed by atoms with Gasteiger partial charge in [0.2, 0.25) is 0 Å². The maximum Gasteiger partial charge on any atom is 0.332 e. The monoisotopic (exact) mass is 244 g/mol. The number of aliphatic hydroxyl groups is 1. The van der Waals surface area contributed by atoms with Crippen molar-refractivity contribution in [3.63, 3.8) is 0 Å². The molecule has 3 N–H and O–H groups in total. The van der Waals surface area contributed by atoms with Crippen molar-refractivity contribution < 1.29 is 19.8 Å². The van der Waals surface area contributed by atoms with Crippen LogP contribution in [0.15, 0.2) is 0 Å². The minimum Gasteiger partial charge on any atom is -0.479 e. The van der Waals surface area contributed by atoms with Gasteiger partial charge in [0.1, 0.15) is 0 Å². The number of rotatable bonds is 6. The highest BCUT2D eigenvalue weighted by atomic mass is 16.4. The van der Waals surface area contributed by atoms with Crippen molar-refractivity contribution in [2.75, 3.05) is 20.1 Å². The maximum absolute atomic E-state index is 11.6. The summed E-state index contributed by atoms with van der Waals surface area (Å²) in [5.41, 5.74) is 0. The number of hydrogen-bond acceptors (Lipinski definition) is 3. The van der Waals surface area contributed by atoms with Gasteiger partial charge < -0.3 is 20.4 Å². The third-order valence-corrected chi connectivity index (χ3v) is 3.08. The zero-order valence-corrected chi connectivity index (χ0v) is 10.1. The van der Waals surface area contributed by atoms with E-state index >= 15 is 0 Å². The SMILES string of the molecule is CN(CC1CCC1)C(=O)NCCC(O)C(=O)O. The second-order valence-electron chi connectivity index (χ2n) is 4.55. The molecular formula is C11H20N2O4. The number of hydrogen-bond donors (Lipinski definition) is 3. The minimum atomic E-state index is -1.41. The Morgan fingerprint density at radius 2 is 2.12 bits per heavy atom. The van der Waals surface area contributed by atoms with Crippen LogP contribution in [0.25, 0.3) is 0 Å². The molecule has 0 aromatic rings. The van der Waals surface area contributed by atoms with Gasteiger partial charge in [0.15, 0.2) is 6.10 Å². The first-order chi connectivity index (χ1) is 8.00. The van der Waals surface area contributed by atoms with Crippen LogP contribution in [0.5, 0.6) is 0 Å². The Morgan fingerprint density at radius 3 is 2.59 bits per heavy atom. The molecule has 17 heavy (non-hydrogen) atoms. The van der Waals surface area contributed by atoms with Crippen molar-refractivity contribution in [3.05, 3.63) is 0 Å². The van der Waals surface area contributed by atoms with Crippen molar-refractivity contribution in [3.8, 4) is 0 Å². The average Bonchev–Trinajstić information content (AvgIpc) is 2.22. The van der Waals surface area contributed by atoms with Gasteiger partial charge in [0, 0.05) is 26.6 Å². The summed E-state index contributed by atoms with van der Waals surface area (Å²) < 4.78 is 0. The molecule has 1 atom stereocenters. The van der Waals surface area contributed by atoms with Gasteiger partial charge >= 0.3 is 12.0 Å². The average molecular weight is 244 g/mol. The van der Waals surface area contributed by atoms with E-state index in [9.17, 15) is 9.59 Å². The van der Waals surface area contributed by atoms with Crippen LogP contribution in [-0.2, 0) is 4.79 Å². The normalized spacial score (nSPS) is 17.1. The fraction of sp³-hybridized carbons (Fsp3) is 0.818. The van der Waals surface area contributed by atoms with Gasteiger partial charge in [-0.3, -0.25) is 0 Å². The number of nitrogens with one attached hydrogen (secondary N) is 1. The fourth-order valence-electron chi connectivity index (χ4n) is 1.72. The number of aliphatic carboxylic acids is 1. The Bertz CT molecular complexity index is 279. The standard InChI is InChI=1S/C11H20N2O4/c1-13(7-8-3-2-4-8)11(17)12-6-5-9(14)10(15)16/h8-9,14H,2-7H2,1H3,(H,12,17)(H,15,16). The molecule has 1 rings (SSSR count). The molecular weight excluding hydrogens is 224 g/mol. The van der Waals surface area contributed by atoms with E-state index in [1.165, 1.54) is 19.3 Å². The number of amides is 2. The number of carboxylic acid groups (broad SMARTS) is 1. The molecule has 0 saturated heterocycles. The molecule has 1 unspecified atom stereocenters. The lowest BCUT2D eigenvalue weighted by Crippen LogP contribution is -2.42. The number of urea groups is 1. The van der Waals surface area contributed by atoms with E-state index in [1.807, 2.05) is 0 Å². The Kier molecular flexibility index (Phi) is 5.21. The van der Waals surface area contributed by atoms with E-state index in [0.717, 1.165) is 6.54 Å². The molecule has 1 saturated carbocycles. The zero-order chi connectivity index (χ0) is 12.8. The predicted octanol–water partition coefficient (Wildman–Crippen LogP) is 0.263. The first kappa shape index (κ1) is 13.8. The van der Waals surface area contributed by atoms with Gasteiger partial charge in [-0.2, -0.15) is 0 Å². The third kappa shape index (κ3) is 4.60. The Balaban J connectivity index is 2.12. The van der Waals surface area contributed by atoms with Gasteiger partial charge in [-0.1, -0.05) is 6.42 Å². The number of carbonyl (C=O) groups is 2. The van der Waals surface area contributed by atoms with Crippen molar-refractivity contribution >= 4 is 12.0 Å². The molecule has 1 aliphatic carbocycles. The van der Waals surface area contributed by atoms with Crippen LogP contribution in [0.3, 0.4) is 0 Å². The molecule has 6 nitrogen and oxygen atoms in total. The topological polar surface area (TPSA) is 89.9 Å². The first-order valence-corrected chi connectivity index (χ1v) is 5.90. The number of aliphatic hydroxyl groups excluding tert-OH is 1. The summed E-state index contributed by atoms with van der Waals surface area (Å²) in [4.78, 5) is 23.5. The minimum absolute atomic E-state index is 0.0261. The quantitative estimate of drug-likeness (QED) is 0.625. The van der Waals surface area contributed by atoms with Gasteiger partial charge in [0.05, 0.1) is 0 Å². The van der Waals surface area contributed by atoms with Crippen LogP contribution in [0.1, 0.15) is 25.7 Å². The van der Waals surface area contributed by atoms with Crippen LogP contribution in [0, 0.1) is 5.92 Å². The first-order valence-electron chi connectivity index (χ1n) is 5.90. The van der Waals surface area contributed by atoms with Crippen LogP contribution >= 0.6 is 0 Å². The van der Waals surface area contributed by atoms with Crippen molar-refractivity contribution in [1.82, 2.24) is 10.2 Å². The molecule has 6 heteroatoms. The summed E-state index contributed by atoms with van der Waals surface area (Å²) in [5.74, 6) is -0.655. The molecule has 2 amide bonds. The van der Waals surface area contributed by atoms with E-state index in [4.69, 9.17) is 10.2 Å². The van der Waals surface area contributed by atoms with E-state index in [0.29, 0.717) is 5.92 Å². The maximum atomic E-state index is 11.6. The summed E-state index contributed by atoms with van der Waals surface area (Å²) in [6.45, 7) is 0.911. The van der Waals surface area contributed by atoms with E-state index in [-0.39, 0.29) is 19.0 Å². The lowest BCUT2D eigenvalue weighted by Gasteiger charge is -2.30. The Hall–Kier alpha value is -1.30. The zero-order valence-electron chi connectivity index (χ0n) is 10.1. The molecule has 0 aliphatic heterocycles. The van der Waals surface area contributed by atoms with Crippen molar-refractivity contribution in [2.45, 2.75) is 31.8 Å². The van der Waals surface area contributed by atoms with Crippen LogP contribution < -0.4 is 5.32 Å². The largest absolute Gasteiger partial charge is 0.479 e. The fourth-order valence-corrected chi connectivity index (χ4v) is 1.72. The predicted molar refractivity (Wildman–Crippen MR) is 61.6 cm³/mol.